The van der Waals surface area contributed by atoms with E-state index in [2.05, 4.69) is 19.2 Å². The fourth-order valence-electron chi connectivity index (χ4n) is 2.67. The van der Waals surface area contributed by atoms with Gasteiger partial charge in [0.25, 0.3) is 0 Å². The van der Waals surface area contributed by atoms with Gasteiger partial charge in [-0.15, -0.1) is 0 Å². The summed E-state index contributed by atoms with van der Waals surface area (Å²) in [6, 6.07) is 0.339. The highest BCUT2D eigenvalue weighted by Crippen LogP contribution is 2.27. The Morgan fingerprint density at radius 2 is 2.11 bits per heavy atom. The maximum absolute atomic E-state index is 10.7. The Balaban J connectivity index is 1.75. The average molecular weight is 273 g/mol. The first-order chi connectivity index (χ1) is 9.08. The molecule has 4 N–H and O–H groups in total. The molecule has 2 rings (SSSR count). The minimum Gasteiger partial charge on any atom is -0.368 e. The summed E-state index contributed by atoms with van der Waals surface area (Å²) in [5.41, 5.74) is 5.08. The van der Waals surface area contributed by atoms with Crippen LogP contribution in [0.5, 0.6) is 0 Å². The molecule has 0 radical (unpaired) electrons. The van der Waals surface area contributed by atoms with Gasteiger partial charge in [-0.05, 0) is 12.3 Å². The molecule has 2 heterocycles. The molecule has 110 valence electrons. The van der Waals surface area contributed by atoms with E-state index in [0.717, 1.165) is 6.54 Å². The van der Waals surface area contributed by atoms with Crippen LogP contribution in [0.1, 0.15) is 20.3 Å². The standard InChI is InChI=1S/C13H24N2O4/c1-8(2)3-4-15-9-5-18-13-10(6-19-12(9)13)17-7-11(14)16/h8-10,12-13,15H,3-7H2,1-2H3,(H2,14,16)/p+1/t9-,10+,12+,13+/m0/s1. The number of amides is 1. The van der Waals surface area contributed by atoms with Crippen LogP contribution in [0.3, 0.4) is 0 Å². The van der Waals surface area contributed by atoms with Crippen LogP contribution in [0.2, 0.25) is 0 Å². The number of carbonyl (C=O) groups excluding carboxylic acids is 1. The summed E-state index contributed by atoms with van der Waals surface area (Å²) < 4.78 is 16.9. The molecular weight excluding hydrogens is 248 g/mol. The third-order valence-corrected chi connectivity index (χ3v) is 3.70. The summed E-state index contributed by atoms with van der Waals surface area (Å²) in [6.07, 6.45) is 1.04. The first kappa shape index (κ1) is 14.7. The van der Waals surface area contributed by atoms with Crippen molar-refractivity contribution in [3.05, 3.63) is 0 Å². The Morgan fingerprint density at radius 1 is 1.37 bits per heavy atom. The van der Waals surface area contributed by atoms with E-state index in [4.69, 9.17) is 19.9 Å². The minimum atomic E-state index is -0.457. The monoisotopic (exact) mass is 273 g/mol. The number of nitrogens with two attached hydrogens (primary N) is 2. The van der Waals surface area contributed by atoms with Gasteiger partial charge in [-0.3, -0.25) is 4.79 Å². The van der Waals surface area contributed by atoms with Gasteiger partial charge in [0.1, 0.15) is 37.6 Å². The van der Waals surface area contributed by atoms with Crippen molar-refractivity contribution in [2.24, 2.45) is 11.7 Å². The van der Waals surface area contributed by atoms with Crippen molar-refractivity contribution in [3.8, 4) is 0 Å². The molecule has 0 spiro atoms. The average Bonchev–Trinajstić information content (AvgIpc) is 2.89. The smallest absolute Gasteiger partial charge is 0.243 e. The quantitative estimate of drug-likeness (QED) is 0.599. The number of rotatable bonds is 7. The van der Waals surface area contributed by atoms with Crippen LogP contribution in [0.15, 0.2) is 0 Å². The van der Waals surface area contributed by atoms with Crippen molar-refractivity contribution >= 4 is 5.91 Å². The lowest BCUT2D eigenvalue weighted by Gasteiger charge is -2.16. The molecule has 2 saturated heterocycles. The zero-order chi connectivity index (χ0) is 13.8. The summed E-state index contributed by atoms with van der Waals surface area (Å²) in [7, 11) is 0. The summed E-state index contributed by atoms with van der Waals surface area (Å²) in [5.74, 6) is 0.256. The predicted molar refractivity (Wildman–Crippen MR) is 68.4 cm³/mol. The molecule has 6 nitrogen and oxygen atoms in total. The fraction of sp³-hybridized carbons (Fsp3) is 0.923. The SMILES string of the molecule is CC(C)CC[NH2+][C@H]1CO[C@H]2[C@@H]1OC[C@H]2OCC(N)=O. The van der Waals surface area contributed by atoms with E-state index in [-0.39, 0.29) is 24.9 Å². The molecule has 0 aromatic heterocycles. The van der Waals surface area contributed by atoms with Crippen molar-refractivity contribution in [1.29, 1.82) is 0 Å². The van der Waals surface area contributed by atoms with Crippen LogP contribution < -0.4 is 11.1 Å². The van der Waals surface area contributed by atoms with Gasteiger partial charge in [-0.25, -0.2) is 0 Å². The third-order valence-electron chi connectivity index (χ3n) is 3.70. The van der Waals surface area contributed by atoms with Gasteiger partial charge in [0.15, 0.2) is 0 Å². The lowest BCUT2D eigenvalue weighted by molar-refractivity contribution is -0.693. The van der Waals surface area contributed by atoms with Gasteiger partial charge < -0.3 is 25.3 Å². The van der Waals surface area contributed by atoms with Gasteiger partial charge in [-0.1, -0.05) is 13.8 Å². The molecule has 2 aliphatic rings. The molecule has 2 aliphatic heterocycles. The van der Waals surface area contributed by atoms with Crippen LogP contribution in [0.25, 0.3) is 0 Å². The minimum absolute atomic E-state index is 0.0559. The van der Waals surface area contributed by atoms with E-state index in [9.17, 15) is 4.79 Å². The number of ether oxygens (including phenoxy) is 3. The van der Waals surface area contributed by atoms with Gasteiger partial charge in [0, 0.05) is 0 Å². The molecule has 19 heavy (non-hydrogen) atoms. The molecule has 6 heteroatoms. The van der Waals surface area contributed by atoms with E-state index in [1.807, 2.05) is 0 Å². The van der Waals surface area contributed by atoms with Crippen LogP contribution >= 0.6 is 0 Å². The topological polar surface area (TPSA) is 87.4 Å². The zero-order valence-electron chi connectivity index (χ0n) is 11.7. The van der Waals surface area contributed by atoms with Gasteiger partial charge in [0.2, 0.25) is 5.91 Å². The normalized spacial score (nSPS) is 33.8. The lowest BCUT2D eigenvalue weighted by Crippen LogP contribution is -2.93. The van der Waals surface area contributed by atoms with Crippen molar-refractivity contribution in [1.82, 2.24) is 0 Å². The summed E-state index contributed by atoms with van der Waals surface area (Å²) >= 11 is 0. The van der Waals surface area contributed by atoms with Gasteiger partial charge in [-0.2, -0.15) is 0 Å². The van der Waals surface area contributed by atoms with E-state index in [1.165, 1.54) is 6.42 Å². The fourth-order valence-corrected chi connectivity index (χ4v) is 2.67. The van der Waals surface area contributed by atoms with Gasteiger partial charge in [0.05, 0.1) is 13.2 Å². The lowest BCUT2D eigenvalue weighted by atomic mass is 10.1. The number of carbonyl (C=O) groups is 1. The molecule has 2 fully saturated rings. The number of hydrogen-bond donors (Lipinski definition) is 2. The second-order valence-corrected chi connectivity index (χ2v) is 5.78. The highest BCUT2D eigenvalue weighted by molar-refractivity contribution is 5.75. The number of primary amides is 1. The summed E-state index contributed by atoms with van der Waals surface area (Å²) in [5, 5.41) is 2.31. The molecular formula is C13H25N2O4+. The molecule has 0 saturated carbocycles. The van der Waals surface area contributed by atoms with E-state index in [0.29, 0.717) is 25.2 Å². The second-order valence-electron chi connectivity index (χ2n) is 5.78. The van der Waals surface area contributed by atoms with E-state index in [1.54, 1.807) is 0 Å². The maximum Gasteiger partial charge on any atom is 0.243 e. The van der Waals surface area contributed by atoms with Crippen molar-refractivity contribution in [2.75, 3.05) is 26.4 Å². The van der Waals surface area contributed by atoms with Crippen LogP contribution in [-0.2, 0) is 19.0 Å². The third kappa shape index (κ3) is 3.89. The Bertz CT molecular complexity index is 311. The second kappa shape index (κ2) is 6.65. The van der Waals surface area contributed by atoms with Crippen LogP contribution in [0.4, 0.5) is 0 Å². The van der Waals surface area contributed by atoms with Crippen molar-refractivity contribution < 1.29 is 24.3 Å². The Hall–Kier alpha value is -0.690. The zero-order valence-corrected chi connectivity index (χ0v) is 11.7. The molecule has 0 unspecified atom stereocenters. The van der Waals surface area contributed by atoms with Crippen molar-refractivity contribution in [3.63, 3.8) is 0 Å². The number of quaternary nitrogens is 1. The van der Waals surface area contributed by atoms with Crippen molar-refractivity contribution in [2.45, 2.75) is 44.6 Å². The number of fused-ring (bicyclic) bond motifs is 1. The molecule has 0 aromatic rings. The van der Waals surface area contributed by atoms with Crippen LogP contribution in [-0.4, -0.2) is 56.6 Å². The highest BCUT2D eigenvalue weighted by Gasteiger charge is 2.50. The molecule has 1 amide bonds. The molecule has 0 bridgehead atoms. The summed E-state index contributed by atoms with van der Waals surface area (Å²) in [6.45, 7) is 6.64. The molecule has 0 aliphatic carbocycles. The largest absolute Gasteiger partial charge is 0.368 e. The van der Waals surface area contributed by atoms with E-state index >= 15 is 0 Å². The Kier molecular flexibility index (Phi) is 5.15. The predicted octanol–water partition coefficient (Wildman–Crippen LogP) is -1.37. The maximum atomic E-state index is 10.7. The number of hydrogen-bond acceptors (Lipinski definition) is 4. The molecule has 4 atom stereocenters. The van der Waals surface area contributed by atoms with E-state index < -0.39 is 5.91 Å². The summed E-state index contributed by atoms with van der Waals surface area (Å²) in [4.78, 5) is 10.7. The Labute approximate surface area is 113 Å². The van der Waals surface area contributed by atoms with Crippen LogP contribution in [0, 0.1) is 5.92 Å². The first-order valence-electron chi connectivity index (χ1n) is 7.04. The highest BCUT2D eigenvalue weighted by atomic mass is 16.6. The van der Waals surface area contributed by atoms with Gasteiger partial charge >= 0.3 is 0 Å². The first-order valence-corrected chi connectivity index (χ1v) is 7.04. The molecule has 0 aromatic carbocycles. The Morgan fingerprint density at radius 3 is 2.79 bits per heavy atom.